The summed E-state index contributed by atoms with van der Waals surface area (Å²) in [5.74, 6) is 7.01. The lowest BCUT2D eigenvalue weighted by molar-refractivity contribution is 0.0198. The van der Waals surface area contributed by atoms with Crippen molar-refractivity contribution in [1.29, 1.82) is 0 Å². The molecule has 0 bridgehead atoms. The highest BCUT2D eigenvalue weighted by molar-refractivity contribution is 6.30. The molecule has 0 saturated carbocycles. The Morgan fingerprint density at radius 3 is 2.54 bits per heavy atom. The molecule has 26 heavy (non-hydrogen) atoms. The first-order valence-corrected chi connectivity index (χ1v) is 8.29. The van der Waals surface area contributed by atoms with E-state index in [1.165, 1.54) is 5.12 Å². The van der Waals surface area contributed by atoms with Crippen LogP contribution in [0.3, 0.4) is 0 Å². The van der Waals surface area contributed by atoms with Gasteiger partial charge in [0.25, 0.3) is 5.91 Å². The van der Waals surface area contributed by atoms with Crippen LogP contribution in [0.15, 0.2) is 47.5 Å². The minimum absolute atomic E-state index is 0.00680. The van der Waals surface area contributed by atoms with Gasteiger partial charge in [-0.05, 0) is 42.0 Å². The summed E-state index contributed by atoms with van der Waals surface area (Å²) in [4.78, 5) is 17.1. The number of nitrogens with two attached hydrogens (primary N) is 2. The van der Waals surface area contributed by atoms with Crippen molar-refractivity contribution in [3.05, 3.63) is 58.6 Å². The highest BCUT2D eigenvalue weighted by Gasteiger charge is 2.37. The minimum Gasteiger partial charge on any atom is -0.486 e. The van der Waals surface area contributed by atoms with Gasteiger partial charge in [-0.2, -0.15) is 5.01 Å². The van der Waals surface area contributed by atoms with E-state index >= 15 is 0 Å². The van der Waals surface area contributed by atoms with Gasteiger partial charge in [-0.25, -0.2) is 10.8 Å². The fourth-order valence-corrected chi connectivity index (χ4v) is 2.96. The van der Waals surface area contributed by atoms with Crippen LogP contribution < -0.4 is 21.1 Å². The molecule has 0 spiro atoms. The summed E-state index contributed by atoms with van der Waals surface area (Å²) >= 11 is 5.86. The maximum Gasteiger partial charge on any atom is 0.276 e. The van der Waals surface area contributed by atoms with Gasteiger partial charge in [-0.1, -0.05) is 17.7 Å². The molecule has 2 aliphatic rings. The van der Waals surface area contributed by atoms with Crippen LogP contribution in [-0.2, 0) is 0 Å². The van der Waals surface area contributed by atoms with Crippen LogP contribution in [0, 0.1) is 0 Å². The van der Waals surface area contributed by atoms with E-state index in [1.54, 1.807) is 36.4 Å². The third kappa shape index (κ3) is 2.84. The van der Waals surface area contributed by atoms with Crippen molar-refractivity contribution in [2.75, 3.05) is 13.2 Å². The van der Waals surface area contributed by atoms with E-state index in [4.69, 9.17) is 32.7 Å². The number of carbonyl (C=O) groups excluding carboxylic acids is 1. The molecule has 0 aliphatic carbocycles. The summed E-state index contributed by atoms with van der Waals surface area (Å²) in [6.07, 6.45) is -0.651. The van der Waals surface area contributed by atoms with Gasteiger partial charge in [0.1, 0.15) is 13.2 Å². The molecule has 1 atom stereocenters. The molecular weight excluding hydrogens is 358 g/mol. The number of nitrogens with zero attached hydrogens (tertiary/aromatic N) is 3. The molecule has 0 radical (unpaired) electrons. The molecule has 1 unspecified atom stereocenters. The highest BCUT2D eigenvalue weighted by atomic mass is 35.5. The van der Waals surface area contributed by atoms with E-state index in [0.717, 1.165) is 10.6 Å². The van der Waals surface area contributed by atoms with Gasteiger partial charge >= 0.3 is 0 Å². The Kier molecular flexibility index (Phi) is 4.15. The number of guanidine groups is 1. The smallest absolute Gasteiger partial charge is 0.276 e. The van der Waals surface area contributed by atoms with Crippen molar-refractivity contribution >= 4 is 23.5 Å². The van der Waals surface area contributed by atoms with E-state index < -0.39 is 12.1 Å². The average Bonchev–Trinajstić information content (AvgIpc) is 2.95. The van der Waals surface area contributed by atoms with Gasteiger partial charge in [0, 0.05) is 10.6 Å². The van der Waals surface area contributed by atoms with Crippen LogP contribution in [-0.4, -0.2) is 35.2 Å². The van der Waals surface area contributed by atoms with Crippen molar-refractivity contribution in [1.82, 2.24) is 10.1 Å². The zero-order valence-corrected chi connectivity index (χ0v) is 14.4. The number of hydrogen-bond donors (Lipinski definition) is 2. The first kappa shape index (κ1) is 16.6. The predicted octanol–water partition coefficient (Wildman–Crippen LogP) is 1.67. The number of amides is 1. The van der Waals surface area contributed by atoms with Gasteiger partial charge in [-0.3, -0.25) is 4.79 Å². The van der Waals surface area contributed by atoms with Gasteiger partial charge in [0.2, 0.25) is 5.96 Å². The minimum atomic E-state index is -0.651. The van der Waals surface area contributed by atoms with Crippen molar-refractivity contribution in [3.63, 3.8) is 0 Å². The zero-order valence-electron chi connectivity index (χ0n) is 13.6. The summed E-state index contributed by atoms with van der Waals surface area (Å²) in [6.45, 7) is 0.979. The Labute approximate surface area is 154 Å². The Balaban J connectivity index is 1.61. The molecule has 2 aliphatic heterocycles. The van der Waals surface area contributed by atoms with Crippen molar-refractivity contribution in [2.24, 2.45) is 16.6 Å². The van der Waals surface area contributed by atoms with E-state index in [0.29, 0.717) is 35.3 Å². The van der Waals surface area contributed by atoms with Gasteiger partial charge in [-0.15, -0.1) is 5.12 Å². The van der Waals surface area contributed by atoms with Gasteiger partial charge < -0.3 is 15.2 Å². The number of rotatable bonds is 2. The van der Waals surface area contributed by atoms with E-state index in [1.807, 2.05) is 6.07 Å². The Hall–Kier alpha value is -2.81. The number of halogens is 1. The monoisotopic (exact) mass is 373 g/mol. The lowest BCUT2D eigenvalue weighted by atomic mass is 10.1. The number of hydrazine groups is 2. The third-order valence-electron chi connectivity index (χ3n) is 4.10. The number of benzene rings is 2. The third-order valence-corrected chi connectivity index (χ3v) is 4.35. The molecule has 2 aromatic rings. The number of fused-ring (bicyclic) bond motifs is 1. The quantitative estimate of drug-likeness (QED) is 0.775. The van der Waals surface area contributed by atoms with Gasteiger partial charge in [0.05, 0.1) is 0 Å². The molecule has 4 N–H and O–H groups in total. The topological polar surface area (TPSA) is 106 Å². The van der Waals surface area contributed by atoms with Crippen molar-refractivity contribution in [3.8, 4) is 11.5 Å². The summed E-state index contributed by atoms with van der Waals surface area (Å²) < 4.78 is 11.1. The van der Waals surface area contributed by atoms with E-state index in [9.17, 15) is 4.79 Å². The predicted molar refractivity (Wildman–Crippen MR) is 95.4 cm³/mol. The molecule has 0 saturated heterocycles. The highest BCUT2D eigenvalue weighted by Crippen LogP contribution is 2.35. The lowest BCUT2D eigenvalue weighted by Crippen LogP contribution is -2.52. The molecule has 1 amide bonds. The average molecular weight is 374 g/mol. The standard InChI is InChI=1S/C17H16ClN5O3/c18-12-4-1-10(2-5-12)16(24)22-17(19)21-15(23(22)20)11-3-6-13-14(9-11)26-8-7-25-13/h1-6,9,15H,7-8,20H2,(H2,19,21). The number of hydrogen-bond acceptors (Lipinski definition) is 7. The molecule has 0 aromatic heterocycles. The summed E-state index contributed by atoms with van der Waals surface area (Å²) in [5, 5.41) is 2.85. The van der Waals surface area contributed by atoms with Crippen molar-refractivity contribution in [2.45, 2.75) is 6.17 Å². The van der Waals surface area contributed by atoms with E-state index in [2.05, 4.69) is 4.99 Å². The second-order valence-electron chi connectivity index (χ2n) is 5.77. The Morgan fingerprint density at radius 2 is 1.81 bits per heavy atom. The van der Waals surface area contributed by atoms with Crippen molar-refractivity contribution < 1.29 is 14.3 Å². The van der Waals surface area contributed by atoms with Gasteiger partial charge in [0.15, 0.2) is 17.7 Å². The fourth-order valence-electron chi connectivity index (χ4n) is 2.84. The number of aliphatic imine (C=N–C) groups is 1. The maximum atomic E-state index is 12.7. The first-order valence-electron chi connectivity index (χ1n) is 7.91. The second kappa shape index (κ2) is 6.49. The van der Waals surface area contributed by atoms with Crippen LogP contribution in [0.25, 0.3) is 0 Å². The summed E-state index contributed by atoms with van der Waals surface area (Å²) in [5.41, 5.74) is 7.08. The number of ether oxygens (including phenoxy) is 2. The first-order chi connectivity index (χ1) is 12.5. The lowest BCUT2D eigenvalue weighted by Gasteiger charge is -2.27. The molecule has 2 heterocycles. The fraction of sp³-hybridized carbons (Fsp3) is 0.176. The second-order valence-corrected chi connectivity index (χ2v) is 6.20. The molecule has 4 rings (SSSR count). The van der Waals surface area contributed by atoms with E-state index in [-0.39, 0.29) is 5.96 Å². The van der Waals surface area contributed by atoms with Crippen LogP contribution in [0.5, 0.6) is 11.5 Å². The number of carbonyl (C=O) groups is 1. The summed E-state index contributed by atoms with van der Waals surface area (Å²) in [6, 6.07) is 11.8. The van der Waals surface area contributed by atoms with Crippen LogP contribution in [0.1, 0.15) is 22.1 Å². The SMILES string of the molecule is NC1=NC(c2ccc3c(c2)OCCO3)N(N)N1C(=O)c1ccc(Cl)cc1. The Morgan fingerprint density at radius 1 is 1.12 bits per heavy atom. The maximum absolute atomic E-state index is 12.7. The Bertz CT molecular complexity index is 886. The summed E-state index contributed by atoms with van der Waals surface area (Å²) in [7, 11) is 0. The molecular formula is C17H16ClN5O3. The molecule has 134 valence electrons. The van der Waals surface area contributed by atoms with Crippen LogP contribution in [0.2, 0.25) is 5.02 Å². The van der Waals surface area contributed by atoms with Crippen LogP contribution >= 0.6 is 11.6 Å². The van der Waals surface area contributed by atoms with Crippen LogP contribution in [0.4, 0.5) is 0 Å². The molecule has 8 nitrogen and oxygen atoms in total. The molecule has 9 heteroatoms. The molecule has 2 aromatic carbocycles. The molecule has 0 fully saturated rings. The normalized spacial score (nSPS) is 19.4. The zero-order chi connectivity index (χ0) is 18.3. The largest absolute Gasteiger partial charge is 0.486 e.